The Hall–Kier alpha value is -2.24. The summed E-state index contributed by atoms with van der Waals surface area (Å²) in [6, 6.07) is 4.78. The van der Waals surface area contributed by atoms with Gasteiger partial charge in [-0.25, -0.2) is 9.59 Å². The van der Waals surface area contributed by atoms with Crippen molar-refractivity contribution in [2.45, 2.75) is 45.8 Å². The van der Waals surface area contributed by atoms with Crippen molar-refractivity contribution in [3.63, 3.8) is 0 Å². The van der Waals surface area contributed by atoms with Crippen LogP contribution in [0.1, 0.15) is 31.9 Å². The van der Waals surface area contributed by atoms with Crippen LogP contribution >= 0.6 is 0 Å². The maximum Gasteiger partial charge on any atom is 0.408 e. The van der Waals surface area contributed by atoms with Gasteiger partial charge in [0.2, 0.25) is 0 Å². The summed E-state index contributed by atoms with van der Waals surface area (Å²) in [6.45, 7) is 7.19. The van der Waals surface area contributed by atoms with E-state index in [0.29, 0.717) is 0 Å². The maximum absolute atomic E-state index is 11.9. The molecule has 0 aliphatic carbocycles. The van der Waals surface area contributed by atoms with E-state index in [-0.39, 0.29) is 6.42 Å². The van der Waals surface area contributed by atoms with Gasteiger partial charge in [0, 0.05) is 6.42 Å². The van der Waals surface area contributed by atoms with E-state index in [2.05, 4.69) is 5.32 Å². The number of benzene rings is 1. The van der Waals surface area contributed by atoms with Crippen molar-refractivity contribution in [1.82, 2.24) is 5.32 Å². The highest BCUT2D eigenvalue weighted by Crippen LogP contribution is 2.20. The lowest BCUT2D eigenvalue weighted by atomic mass is 10.0. The number of hydrogen-bond acceptors (Lipinski definition) is 5. The number of amides is 1. The van der Waals surface area contributed by atoms with Gasteiger partial charge in [0.15, 0.2) is 0 Å². The third-order valence-electron chi connectivity index (χ3n) is 3.09. The highest BCUT2D eigenvalue weighted by atomic mass is 16.6. The molecule has 1 aromatic rings. The van der Waals surface area contributed by atoms with Crippen LogP contribution in [0.2, 0.25) is 0 Å². The monoisotopic (exact) mass is 323 g/mol. The highest BCUT2D eigenvalue weighted by molar-refractivity contribution is 5.81. The van der Waals surface area contributed by atoms with E-state index < -0.39 is 23.7 Å². The van der Waals surface area contributed by atoms with E-state index in [1.807, 2.05) is 25.1 Å². The molecule has 6 nitrogen and oxygen atoms in total. The summed E-state index contributed by atoms with van der Waals surface area (Å²) >= 11 is 0. The second kappa shape index (κ2) is 7.85. The molecule has 0 saturated heterocycles. The zero-order chi connectivity index (χ0) is 17.6. The van der Waals surface area contributed by atoms with Gasteiger partial charge in [-0.05, 0) is 44.9 Å². The van der Waals surface area contributed by atoms with Crippen LogP contribution < -0.4 is 10.1 Å². The first-order chi connectivity index (χ1) is 10.7. The molecule has 0 aliphatic heterocycles. The minimum Gasteiger partial charge on any atom is -0.496 e. The molecule has 0 aromatic heterocycles. The Morgan fingerprint density at radius 1 is 1.22 bits per heavy atom. The number of carbonyl (C=O) groups is 2. The first-order valence-corrected chi connectivity index (χ1v) is 7.37. The van der Waals surface area contributed by atoms with Gasteiger partial charge in [-0.3, -0.25) is 0 Å². The van der Waals surface area contributed by atoms with E-state index in [0.717, 1.165) is 16.9 Å². The summed E-state index contributed by atoms with van der Waals surface area (Å²) in [7, 11) is 2.87. The summed E-state index contributed by atoms with van der Waals surface area (Å²) in [4.78, 5) is 23.8. The second-order valence-electron chi connectivity index (χ2n) is 6.23. The number of rotatable bonds is 5. The molecule has 1 amide bonds. The van der Waals surface area contributed by atoms with Gasteiger partial charge in [0.25, 0.3) is 0 Å². The van der Waals surface area contributed by atoms with Crippen molar-refractivity contribution in [3.05, 3.63) is 29.3 Å². The fraction of sp³-hybridized carbons (Fsp3) is 0.529. The smallest absolute Gasteiger partial charge is 0.408 e. The molecule has 1 aromatic carbocycles. The van der Waals surface area contributed by atoms with Crippen LogP contribution in [0.4, 0.5) is 4.79 Å². The average molecular weight is 323 g/mol. The summed E-state index contributed by atoms with van der Waals surface area (Å²) < 4.78 is 15.2. The molecule has 128 valence electrons. The third kappa shape index (κ3) is 6.18. The molecular weight excluding hydrogens is 298 g/mol. The van der Waals surface area contributed by atoms with Crippen LogP contribution in [0.15, 0.2) is 18.2 Å². The number of aryl methyl sites for hydroxylation is 1. The molecule has 1 rings (SSSR count). The van der Waals surface area contributed by atoms with Gasteiger partial charge in [-0.15, -0.1) is 0 Å². The van der Waals surface area contributed by atoms with Crippen molar-refractivity contribution in [1.29, 1.82) is 0 Å². The van der Waals surface area contributed by atoms with Crippen molar-refractivity contribution in [3.8, 4) is 5.75 Å². The van der Waals surface area contributed by atoms with Crippen molar-refractivity contribution >= 4 is 12.1 Å². The van der Waals surface area contributed by atoms with E-state index in [9.17, 15) is 9.59 Å². The number of ether oxygens (including phenoxy) is 3. The zero-order valence-electron chi connectivity index (χ0n) is 14.6. The Bertz CT molecular complexity index is 563. The van der Waals surface area contributed by atoms with E-state index in [4.69, 9.17) is 14.2 Å². The molecule has 23 heavy (non-hydrogen) atoms. The predicted octanol–water partition coefficient (Wildman–Crippen LogP) is 2.61. The SMILES string of the molecule is COC(=O)C(Cc1ccc(C)c(OC)c1)NC(=O)OC(C)(C)C. The molecule has 0 heterocycles. The van der Waals surface area contributed by atoms with Gasteiger partial charge >= 0.3 is 12.1 Å². The topological polar surface area (TPSA) is 73.9 Å². The van der Waals surface area contributed by atoms with Crippen LogP contribution in [-0.4, -0.2) is 37.9 Å². The van der Waals surface area contributed by atoms with E-state index in [1.54, 1.807) is 27.9 Å². The van der Waals surface area contributed by atoms with Crippen molar-refractivity contribution in [2.24, 2.45) is 0 Å². The van der Waals surface area contributed by atoms with Crippen LogP contribution in [0, 0.1) is 6.92 Å². The largest absolute Gasteiger partial charge is 0.496 e. The zero-order valence-corrected chi connectivity index (χ0v) is 14.6. The number of esters is 1. The normalized spacial score (nSPS) is 12.3. The lowest BCUT2D eigenvalue weighted by Crippen LogP contribution is -2.45. The van der Waals surface area contributed by atoms with Gasteiger partial charge in [0.1, 0.15) is 17.4 Å². The van der Waals surface area contributed by atoms with Crippen LogP contribution in [-0.2, 0) is 20.7 Å². The molecule has 0 radical (unpaired) electrons. The molecule has 1 N–H and O–H groups in total. The lowest BCUT2D eigenvalue weighted by Gasteiger charge is -2.22. The molecule has 1 unspecified atom stereocenters. The fourth-order valence-electron chi connectivity index (χ4n) is 2.01. The molecule has 0 aliphatic rings. The number of alkyl carbamates (subject to hydrolysis) is 1. The summed E-state index contributed by atoms with van der Waals surface area (Å²) in [5.74, 6) is 0.193. The quantitative estimate of drug-likeness (QED) is 0.843. The molecule has 1 atom stereocenters. The average Bonchev–Trinajstić information content (AvgIpc) is 2.45. The summed E-state index contributed by atoms with van der Waals surface area (Å²) in [6.07, 6.45) is -0.380. The number of methoxy groups -OCH3 is 2. The molecule has 6 heteroatoms. The highest BCUT2D eigenvalue weighted by Gasteiger charge is 2.25. The number of carbonyl (C=O) groups excluding carboxylic acids is 2. The number of hydrogen-bond donors (Lipinski definition) is 1. The Morgan fingerprint density at radius 3 is 2.39 bits per heavy atom. The van der Waals surface area contributed by atoms with E-state index >= 15 is 0 Å². The van der Waals surface area contributed by atoms with Crippen LogP contribution in [0.5, 0.6) is 5.75 Å². The first kappa shape index (κ1) is 18.8. The molecule has 0 saturated carbocycles. The van der Waals surface area contributed by atoms with Crippen molar-refractivity contribution in [2.75, 3.05) is 14.2 Å². The second-order valence-corrected chi connectivity index (χ2v) is 6.23. The van der Waals surface area contributed by atoms with Gasteiger partial charge in [-0.1, -0.05) is 12.1 Å². The van der Waals surface area contributed by atoms with E-state index in [1.165, 1.54) is 7.11 Å². The van der Waals surface area contributed by atoms with Gasteiger partial charge in [-0.2, -0.15) is 0 Å². The number of nitrogens with one attached hydrogen (secondary N) is 1. The van der Waals surface area contributed by atoms with Crippen molar-refractivity contribution < 1.29 is 23.8 Å². The lowest BCUT2D eigenvalue weighted by molar-refractivity contribution is -0.143. The maximum atomic E-state index is 11.9. The van der Waals surface area contributed by atoms with Crippen LogP contribution in [0.25, 0.3) is 0 Å². The van der Waals surface area contributed by atoms with Gasteiger partial charge in [0.05, 0.1) is 14.2 Å². The molecular formula is C17H25NO5. The summed E-state index contributed by atoms with van der Waals surface area (Å²) in [5, 5.41) is 2.55. The Labute approximate surface area is 137 Å². The summed E-state index contributed by atoms with van der Waals surface area (Å²) in [5.41, 5.74) is 1.20. The predicted molar refractivity (Wildman–Crippen MR) is 86.6 cm³/mol. The van der Waals surface area contributed by atoms with Gasteiger partial charge < -0.3 is 19.5 Å². The third-order valence-corrected chi connectivity index (χ3v) is 3.09. The minimum atomic E-state index is -0.831. The molecule has 0 fully saturated rings. The fourth-order valence-corrected chi connectivity index (χ4v) is 2.01. The molecule has 0 spiro atoms. The minimum absolute atomic E-state index is 0.280. The Kier molecular flexibility index (Phi) is 6.42. The van der Waals surface area contributed by atoms with Crippen LogP contribution in [0.3, 0.4) is 0 Å². The Morgan fingerprint density at radius 2 is 1.87 bits per heavy atom. The molecule has 0 bridgehead atoms. The Balaban J connectivity index is 2.87. The standard InChI is InChI=1S/C17H25NO5/c1-11-7-8-12(10-14(11)21-5)9-13(15(19)22-6)18-16(20)23-17(2,3)4/h7-8,10,13H,9H2,1-6H3,(H,18,20). The first-order valence-electron chi connectivity index (χ1n) is 7.37.